The van der Waals surface area contributed by atoms with E-state index in [1.807, 2.05) is 6.92 Å². The lowest BCUT2D eigenvalue weighted by molar-refractivity contribution is 0.0764. The molecule has 1 N–H and O–H groups in total. The highest BCUT2D eigenvalue weighted by Gasteiger charge is 2.27. The number of halogens is 1. The van der Waals surface area contributed by atoms with Crippen molar-refractivity contribution >= 4 is 33.2 Å². The predicted octanol–water partition coefficient (Wildman–Crippen LogP) is 1.04. The first-order valence-corrected chi connectivity index (χ1v) is 8.53. The Balaban J connectivity index is 2.18. The van der Waals surface area contributed by atoms with Crippen LogP contribution in [0.2, 0.25) is 5.02 Å². The quantitative estimate of drug-likeness (QED) is 0.901. The lowest BCUT2D eigenvalue weighted by Crippen LogP contribution is -2.44. The summed E-state index contributed by atoms with van der Waals surface area (Å²) in [5.74, 6) is 0.224. The summed E-state index contributed by atoms with van der Waals surface area (Å²) >= 11 is 6.01. The zero-order valence-electron chi connectivity index (χ0n) is 11.1. The summed E-state index contributed by atoms with van der Waals surface area (Å²) in [6.07, 6.45) is 0. The summed E-state index contributed by atoms with van der Waals surface area (Å²) in [5.41, 5.74) is 0.157. The summed E-state index contributed by atoms with van der Waals surface area (Å²) in [6, 6.07) is 3.31. The van der Waals surface area contributed by atoms with Gasteiger partial charge in [0.1, 0.15) is 11.5 Å². The summed E-state index contributed by atoms with van der Waals surface area (Å²) in [6.45, 7) is 2.98. The second-order valence-electron chi connectivity index (χ2n) is 4.50. The van der Waals surface area contributed by atoms with Crippen molar-refractivity contribution in [3.05, 3.63) is 22.8 Å². The summed E-state index contributed by atoms with van der Waals surface area (Å²) in [5, 5.41) is 3.28. The van der Waals surface area contributed by atoms with Crippen LogP contribution in [0.3, 0.4) is 0 Å². The van der Waals surface area contributed by atoms with Crippen LogP contribution in [0.5, 0.6) is 0 Å². The molecular formula is C12H16ClN3O3S. The number of hydrogen-bond donors (Lipinski definition) is 1. The van der Waals surface area contributed by atoms with Gasteiger partial charge in [0, 0.05) is 19.6 Å². The van der Waals surface area contributed by atoms with Crippen LogP contribution >= 0.6 is 11.6 Å². The molecule has 0 aliphatic carbocycles. The van der Waals surface area contributed by atoms with E-state index in [1.54, 1.807) is 12.1 Å². The highest BCUT2D eigenvalue weighted by Crippen LogP contribution is 2.19. The number of hydrogen-bond acceptors (Lipinski definition) is 5. The molecule has 0 aromatic carbocycles. The fraction of sp³-hybridized carbons (Fsp3) is 0.500. The van der Waals surface area contributed by atoms with Gasteiger partial charge in [-0.3, -0.25) is 4.79 Å². The number of anilines is 1. The van der Waals surface area contributed by atoms with E-state index in [9.17, 15) is 13.2 Å². The van der Waals surface area contributed by atoms with Crippen molar-refractivity contribution in [1.82, 2.24) is 9.88 Å². The van der Waals surface area contributed by atoms with Crippen LogP contribution in [0.1, 0.15) is 17.4 Å². The number of nitrogens with one attached hydrogen (secondary N) is 1. The number of nitrogens with zero attached hydrogens (tertiary/aromatic N) is 2. The van der Waals surface area contributed by atoms with Crippen molar-refractivity contribution in [2.45, 2.75) is 6.92 Å². The van der Waals surface area contributed by atoms with Crippen LogP contribution in [0.25, 0.3) is 0 Å². The van der Waals surface area contributed by atoms with Gasteiger partial charge in [-0.2, -0.15) is 0 Å². The standard InChI is InChI=1S/C12H16ClN3O3S/c1-2-14-10-4-3-9(13)11(15-10)12(17)16-5-7-20(18,19)8-6-16/h3-4H,2,5-8H2,1H3,(H,14,15). The molecule has 1 aliphatic heterocycles. The van der Waals surface area contributed by atoms with Crippen LogP contribution in [0.15, 0.2) is 12.1 Å². The fourth-order valence-electron chi connectivity index (χ4n) is 1.94. The molecule has 2 heterocycles. The third kappa shape index (κ3) is 3.40. The van der Waals surface area contributed by atoms with Gasteiger partial charge in [0.15, 0.2) is 9.84 Å². The number of rotatable bonds is 3. The third-order valence-electron chi connectivity index (χ3n) is 3.04. The Kier molecular flexibility index (Phi) is 4.49. The van der Waals surface area contributed by atoms with Gasteiger partial charge in [-0.05, 0) is 19.1 Å². The number of sulfone groups is 1. The second-order valence-corrected chi connectivity index (χ2v) is 7.21. The Morgan fingerprint density at radius 3 is 2.65 bits per heavy atom. The zero-order chi connectivity index (χ0) is 14.8. The molecule has 1 saturated heterocycles. The number of pyridine rings is 1. The molecule has 1 amide bonds. The minimum atomic E-state index is -3.02. The fourth-order valence-corrected chi connectivity index (χ4v) is 3.32. The van der Waals surface area contributed by atoms with E-state index in [0.717, 1.165) is 0 Å². The molecule has 8 heteroatoms. The molecule has 6 nitrogen and oxygen atoms in total. The first-order chi connectivity index (χ1) is 9.43. The Morgan fingerprint density at radius 2 is 2.05 bits per heavy atom. The Bertz CT molecular complexity index is 604. The molecule has 0 saturated carbocycles. The number of amides is 1. The lowest BCUT2D eigenvalue weighted by Gasteiger charge is -2.26. The maximum atomic E-state index is 12.3. The second kappa shape index (κ2) is 5.97. The Morgan fingerprint density at radius 1 is 1.40 bits per heavy atom. The van der Waals surface area contributed by atoms with Crippen molar-refractivity contribution in [2.24, 2.45) is 0 Å². The Hall–Kier alpha value is -1.34. The van der Waals surface area contributed by atoms with Crippen LogP contribution in [-0.4, -0.2) is 55.3 Å². The van der Waals surface area contributed by atoms with Gasteiger partial charge < -0.3 is 10.2 Å². The highest BCUT2D eigenvalue weighted by molar-refractivity contribution is 7.91. The molecule has 1 aliphatic rings. The molecule has 1 aromatic heterocycles. The van der Waals surface area contributed by atoms with Crippen LogP contribution in [-0.2, 0) is 9.84 Å². The maximum absolute atomic E-state index is 12.3. The van der Waals surface area contributed by atoms with E-state index in [0.29, 0.717) is 12.4 Å². The number of carbonyl (C=O) groups is 1. The summed E-state index contributed by atoms with van der Waals surface area (Å²) in [4.78, 5) is 18.0. The van der Waals surface area contributed by atoms with Crippen LogP contribution in [0.4, 0.5) is 5.82 Å². The van der Waals surface area contributed by atoms with E-state index in [-0.39, 0.29) is 41.2 Å². The lowest BCUT2D eigenvalue weighted by atomic mass is 10.3. The molecular weight excluding hydrogens is 302 g/mol. The number of aromatic nitrogens is 1. The molecule has 0 spiro atoms. The van der Waals surface area contributed by atoms with E-state index in [2.05, 4.69) is 10.3 Å². The van der Waals surface area contributed by atoms with Crippen molar-refractivity contribution in [3.63, 3.8) is 0 Å². The third-order valence-corrected chi connectivity index (χ3v) is 4.95. The molecule has 0 unspecified atom stereocenters. The van der Waals surface area contributed by atoms with Crippen molar-refractivity contribution in [3.8, 4) is 0 Å². The highest BCUT2D eigenvalue weighted by atomic mass is 35.5. The molecule has 110 valence electrons. The number of carbonyl (C=O) groups excluding carboxylic acids is 1. The van der Waals surface area contributed by atoms with Crippen molar-refractivity contribution in [2.75, 3.05) is 36.5 Å². The zero-order valence-corrected chi connectivity index (χ0v) is 12.7. The van der Waals surface area contributed by atoms with E-state index < -0.39 is 9.84 Å². The molecule has 1 aromatic rings. The molecule has 20 heavy (non-hydrogen) atoms. The topological polar surface area (TPSA) is 79.4 Å². The summed E-state index contributed by atoms with van der Waals surface area (Å²) in [7, 11) is -3.02. The van der Waals surface area contributed by atoms with Gasteiger partial charge in [0.25, 0.3) is 5.91 Å². The average Bonchev–Trinajstić information content (AvgIpc) is 2.40. The average molecular weight is 318 g/mol. The van der Waals surface area contributed by atoms with Crippen molar-refractivity contribution < 1.29 is 13.2 Å². The van der Waals surface area contributed by atoms with Gasteiger partial charge in [-0.1, -0.05) is 11.6 Å². The monoisotopic (exact) mass is 317 g/mol. The molecule has 2 rings (SSSR count). The van der Waals surface area contributed by atoms with Gasteiger partial charge >= 0.3 is 0 Å². The van der Waals surface area contributed by atoms with Crippen LogP contribution in [0, 0.1) is 0 Å². The minimum absolute atomic E-state index is 0.0107. The molecule has 1 fully saturated rings. The minimum Gasteiger partial charge on any atom is -0.370 e. The smallest absolute Gasteiger partial charge is 0.274 e. The van der Waals surface area contributed by atoms with Gasteiger partial charge in [0.05, 0.1) is 16.5 Å². The summed E-state index contributed by atoms with van der Waals surface area (Å²) < 4.78 is 22.7. The molecule has 0 atom stereocenters. The van der Waals surface area contributed by atoms with Gasteiger partial charge in [-0.15, -0.1) is 0 Å². The van der Waals surface area contributed by atoms with Gasteiger partial charge in [-0.25, -0.2) is 13.4 Å². The first-order valence-electron chi connectivity index (χ1n) is 6.33. The normalized spacial score (nSPS) is 17.8. The molecule has 0 radical (unpaired) electrons. The van der Waals surface area contributed by atoms with E-state index >= 15 is 0 Å². The van der Waals surface area contributed by atoms with Crippen LogP contribution < -0.4 is 5.32 Å². The van der Waals surface area contributed by atoms with E-state index in [4.69, 9.17) is 11.6 Å². The largest absolute Gasteiger partial charge is 0.370 e. The van der Waals surface area contributed by atoms with E-state index in [1.165, 1.54) is 4.90 Å². The Labute approximate surface area is 123 Å². The molecule has 0 bridgehead atoms. The maximum Gasteiger partial charge on any atom is 0.274 e. The predicted molar refractivity (Wildman–Crippen MR) is 78.0 cm³/mol. The first kappa shape index (κ1) is 15.1. The van der Waals surface area contributed by atoms with Gasteiger partial charge in [0.2, 0.25) is 0 Å². The van der Waals surface area contributed by atoms with Crippen molar-refractivity contribution in [1.29, 1.82) is 0 Å². The SMILES string of the molecule is CCNc1ccc(Cl)c(C(=O)N2CCS(=O)(=O)CC2)n1.